The Balaban J connectivity index is 1.54. The molecular weight excluding hydrogens is 370 g/mol. The monoisotopic (exact) mass is 395 g/mol. The molecule has 6 heteroatoms. The Kier molecular flexibility index (Phi) is 6.07. The first-order chi connectivity index (χ1) is 13.8. The first-order valence-electron chi connectivity index (χ1n) is 9.90. The summed E-state index contributed by atoms with van der Waals surface area (Å²) in [6.07, 6.45) is 15.6. The van der Waals surface area contributed by atoms with Crippen LogP contribution in [-0.2, 0) is 6.42 Å². The summed E-state index contributed by atoms with van der Waals surface area (Å²) in [5.41, 5.74) is 1.90. The van der Waals surface area contributed by atoms with Gasteiger partial charge in [-0.2, -0.15) is 0 Å². The average molecular weight is 396 g/mol. The summed E-state index contributed by atoms with van der Waals surface area (Å²) in [4.78, 5) is 14.2. The highest BCUT2D eigenvalue weighted by Crippen LogP contribution is 2.45. The van der Waals surface area contributed by atoms with E-state index >= 15 is 0 Å². The maximum atomic E-state index is 5.94. The maximum Gasteiger partial charge on any atom is 0.179 e. The Morgan fingerprint density at radius 3 is 2.79 bits per heavy atom. The number of pyridine rings is 1. The molecule has 28 heavy (non-hydrogen) atoms. The second kappa shape index (κ2) is 9.06. The highest BCUT2D eigenvalue weighted by atomic mass is 32.1. The van der Waals surface area contributed by atoms with Gasteiger partial charge in [0.2, 0.25) is 0 Å². The molecule has 1 aliphatic heterocycles. The molecule has 0 spiro atoms. The molecule has 5 nitrogen and oxygen atoms in total. The zero-order chi connectivity index (χ0) is 19.2. The second-order valence-corrected chi connectivity index (χ2v) is 7.94. The zero-order valence-electron chi connectivity index (χ0n) is 16.1. The van der Waals surface area contributed by atoms with Gasteiger partial charge in [-0.3, -0.25) is 4.98 Å². The minimum Gasteiger partial charge on any atom is -0.485 e. The number of rotatable bonds is 8. The van der Waals surface area contributed by atoms with Crippen molar-refractivity contribution in [3.8, 4) is 23.0 Å². The number of aromatic nitrogens is 3. The summed E-state index contributed by atoms with van der Waals surface area (Å²) in [5.74, 6) is 2.63. The molecule has 0 fully saturated rings. The van der Waals surface area contributed by atoms with Crippen LogP contribution in [0.4, 0.5) is 0 Å². The minimum absolute atomic E-state index is 0.609. The van der Waals surface area contributed by atoms with E-state index in [0.717, 1.165) is 39.9 Å². The smallest absolute Gasteiger partial charge is 0.179 e. The minimum atomic E-state index is 0.609. The number of ether oxygens (including phenoxy) is 2. The van der Waals surface area contributed by atoms with Gasteiger partial charge in [0.25, 0.3) is 0 Å². The average Bonchev–Trinajstić information content (AvgIpc) is 3.39. The fourth-order valence-electron chi connectivity index (χ4n) is 3.28. The van der Waals surface area contributed by atoms with Crippen molar-refractivity contribution >= 4 is 23.5 Å². The molecule has 0 aromatic carbocycles. The number of unbranched alkanes of at least 4 members (excludes halogenated alkanes) is 3. The number of aromatic amines is 1. The van der Waals surface area contributed by atoms with Gasteiger partial charge in [-0.15, -0.1) is 11.3 Å². The van der Waals surface area contributed by atoms with E-state index in [0.29, 0.717) is 13.2 Å². The summed E-state index contributed by atoms with van der Waals surface area (Å²) in [5, 5.41) is 0. The predicted octanol–water partition coefficient (Wildman–Crippen LogP) is 5.60. The van der Waals surface area contributed by atoms with E-state index in [1.54, 1.807) is 29.9 Å². The van der Waals surface area contributed by atoms with Crippen LogP contribution in [0.3, 0.4) is 0 Å². The summed E-state index contributed by atoms with van der Waals surface area (Å²) < 4.78 is 11.9. The van der Waals surface area contributed by atoms with Gasteiger partial charge in [0.1, 0.15) is 18.9 Å². The number of nitrogens with zero attached hydrogens (tertiary/aromatic N) is 2. The summed E-state index contributed by atoms with van der Waals surface area (Å²) in [6, 6.07) is 4.02. The Hall–Kier alpha value is -2.60. The summed E-state index contributed by atoms with van der Waals surface area (Å²) >= 11 is 1.78. The lowest BCUT2D eigenvalue weighted by atomic mass is 10.1. The number of aryl methyl sites for hydroxylation is 1. The van der Waals surface area contributed by atoms with Crippen molar-refractivity contribution in [3.63, 3.8) is 0 Å². The number of hydrogen-bond donors (Lipinski definition) is 1. The predicted molar refractivity (Wildman–Crippen MR) is 114 cm³/mol. The van der Waals surface area contributed by atoms with E-state index in [1.807, 2.05) is 12.1 Å². The van der Waals surface area contributed by atoms with Crippen molar-refractivity contribution in [1.82, 2.24) is 15.0 Å². The van der Waals surface area contributed by atoms with Crippen molar-refractivity contribution in [2.24, 2.45) is 0 Å². The lowest BCUT2D eigenvalue weighted by Gasteiger charge is -2.16. The Morgan fingerprint density at radius 2 is 1.96 bits per heavy atom. The van der Waals surface area contributed by atoms with Gasteiger partial charge in [-0.25, -0.2) is 4.98 Å². The molecule has 3 aromatic rings. The SMILES string of the molecule is CCCCCCc1sc(/C=C/c2ccnc(-c3ncc[nH]3)c2)c2c1OCCO2. The summed E-state index contributed by atoms with van der Waals surface area (Å²) in [7, 11) is 0. The van der Waals surface area contributed by atoms with Gasteiger partial charge in [0, 0.05) is 18.6 Å². The van der Waals surface area contributed by atoms with Crippen LogP contribution in [0.2, 0.25) is 0 Å². The van der Waals surface area contributed by atoms with Crippen LogP contribution in [0, 0.1) is 0 Å². The third-order valence-electron chi connectivity index (χ3n) is 4.70. The molecule has 1 aliphatic rings. The number of H-pyrrole nitrogens is 1. The van der Waals surface area contributed by atoms with E-state index in [-0.39, 0.29) is 0 Å². The molecule has 0 saturated carbocycles. The fraction of sp³-hybridized carbons (Fsp3) is 0.364. The normalized spacial score (nSPS) is 13.3. The first-order valence-corrected chi connectivity index (χ1v) is 10.7. The highest BCUT2D eigenvalue weighted by molar-refractivity contribution is 7.13. The Morgan fingerprint density at radius 1 is 1.07 bits per heavy atom. The Bertz CT molecular complexity index is 931. The van der Waals surface area contributed by atoms with E-state index in [9.17, 15) is 0 Å². The molecule has 0 amide bonds. The lowest BCUT2D eigenvalue weighted by molar-refractivity contribution is 0.171. The first kappa shape index (κ1) is 18.7. The third-order valence-corrected chi connectivity index (χ3v) is 5.88. The van der Waals surface area contributed by atoms with Gasteiger partial charge in [-0.05, 0) is 36.6 Å². The topological polar surface area (TPSA) is 60.0 Å². The maximum absolute atomic E-state index is 5.94. The largest absolute Gasteiger partial charge is 0.485 e. The van der Waals surface area contributed by atoms with E-state index < -0.39 is 0 Å². The zero-order valence-corrected chi connectivity index (χ0v) is 16.9. The third kappa shape index (κ3) is 4.28. The highest BCUT2D eigenvalue weighted by Gasteiger charge is 2.22. The molecule has 146 valence electrons. The molecular formula is C22H25N3O2S. The van der Waals surface area contributed by atoms with Gasteiger partial charge in [-0.1, -0.05) is 32.3 Å². The molecule has 4 rings (SSSR count). The van der Waals surface area contributed by atoms with E-state index in [4.69, 9.17) is 9.47 Å². The molecule has 4 heterocycles. The number of fused-ring (bicyclic) bond motifs is 1. The van der Waals surface area contributed by atoms with Crippen molar-refractivity contribution in [3.05, 3.63) is 46.0 Å². The van der Waals surface area contributed by atoms with Crippen molar-refractivity contribution in [2.75, 3.05) is 13.2 Å². The molecule has 0 saturated heterocycles. The van der Waals surface area contributed by atoms with Crippen LogP contribution in [-0.4, -0.2) is 28.2 Å². The Labute approximate surface area is 169 Å². The number of hydrogen-bond acceptors (Lipinski definition) is 5. The van der Waals surface area contributed by atoms with Crippen LogP contribution in [0.5, 0.6) is 11.5 Å². The molecule has 0 aliphatic carbocycles. The molecule has 0 unspecified atom stereocenters. The van der Waals surface area contributed by atoms with Crippen LogP contribution in [0.25, 0.3) is 23.7 Å². The van der Waals surface area contributed by atoms with Crippen LogP contribution in [0.1, 0.15) is 47.9 Å². The lowest BCUT2D eigenvalue weighted by Crippen LogP contribution is -2.15. The van der Waals surface area contributed by atoms with E-state index in [2.05, 4.69) is 34.0 Å². The molecule has 1 N–H and O–H groups in total. The van der Waals surface area contributed by atoms with Crippen LogP contribution in [0.15, 0.2) is 30.7 Å². The standard InChI is InChI=1S/C22H25N3O2S/c1-2-3-4-5-6-18-20-21(27-14-13-26-20)19(28-18)8-7-16-9-10-23-17(15-16)22-24-11-12-25-22/h7-12,15H,2-6,13-14H2,1H3,(H,24,25)/b8-7+. The van der Waals surface area contributed by atoms with Gasteiger partial charge in [0.15, 0.2) is 17.3 Å². The number of imidazole rings is 1. The van der Waals surface area contributed by atoms with Crippen molar-refractivity contribution < 1.29 is 9.47 Å². The molecule has 0 atom stereocenters. The van der Waals surface area contributed by atoms with Gasteiger partial charge in [0.05, 0.1) is 9.75 Å². The summed E-state index contributed by atoms with van der Waals surface area (Å²) in [6.45, 7) is 3.48. The van der Waals surface area contributed by atoms with Crippen molar-refractivity contribution in [1.29, 1.82) is 0 Å². The van der Waals surface area contributed by atoms with Gasteiger partial charge >= 0.3 is 0 Å². The fourth-order valence-corrected chi connectivity index (χ4v) is 4.41. The molecule has 0 radical (unpaired) electrons. The van der Waals surface area contributed by atoms with Gasteiger partial charge < -0.3 is 14.5 Å². The number of nitrogens with one attached hydrogen (secondary N) is 1. The second-order valence-electron chi connectivity index (χ2n) is 6.80. The molecule has 3 aromatic heterocycles. The van der Waals surface area contributed by atoms with E-state index in [1.165, 1.54) is 30.6 Å². The number of thiophene rings is 1. The van der Waals surface area contributed by atoms with Crippen LogP contribution < -0.4 is 9.47 Å². The van der Waals surface area contributed by atoms with Crippen LogP contribution >= 0.6 is 11.3 Å². The quantitative estimate of drug-likeness (QED) is 0.505. The molecule has 0 bridgehead atoms. The van der Waals surface area contributed by atoms with Crippen molar-refractivity contribution in [2.45, 2.75) is 39.0 Å².